The lowest BCUT2D eigenvalue weighted by molar-refractivity contribution is 1.20. The van der Waals surface area contributed by atoms with Crippen molar-refractivity contribution in [2.45, 2.75) is 0 Å². The predicted octanol–water partition coefficient (Wildman–Crippen LogP) is 2.72. The van der Waals surface area contributed by atoms with Crippen LogP contribution in [0.25, 0.3) is 10.4 Å². The summed E-state index contributed by atoms with van der Waals surface area (Å²) in [7, 11) is 0. The Labute approximate surface area is 85.2 Å². The summed E-state index contributed by atoms with van der Waals surface area (Å²) in [5.41, 5.74) is 2.00. The molecule has 0 amide bonds. The summed E-state index contributed by atoms with van der Waals surface area (Å²) in [5, 5.41) is 6.13. The zero-order valence-corrected chi connectivity index (χ0v) is 8.03. The maximum atomic E-state index is 4.21. The summed E-state index contributed by atoms with van der Waals surface area (Å²) < 4.78 is 0. The Morgan fingerprint density at radius 2 is 2.21 bits per heavy atom. The second-order valence-electron chi connectivity index (χ2n) is 2.88. The molecule has 0 saturated heterocycles. The van der Waals surface area contributed by atoms with Crippen LogP contribution in [0.15, 0.2) is 34.8 Å². The Bertz CT molecular complexity index is 488. The molecule has 0 fully saturated rings. The quantitative estimate of drug-likeness (QED) is 0.697. The molecule has 0 aliphatic carbocycles. The van der Waals surface area contributed by atoms with Gasteiger partial charge in [-0.05, 0) is 17.5 Å². The van der Waals surface area contributed by atoms with Crippen LogP contribution in [0.2, 0.25) is 0 Å². The topological polar surface area (TPSA) is 39.4 Å². The fourth-order valence-electron chi connectivity index (χ4n) is 1.44. The summed E-state index contributed by atoms with van der Waals surface area (Å²) in [4.78, 5) is 9.56. The minimum Gasteiger partial charge on any atom is -0.235 e. The van der Waals surface area contributed by atoms with E-state index in [-0.39, 0.29) is 0 Å². The second-order valence-corrected chi connectivity index (χ2v) is 3.83. The molecule has 0 aromatic carbocycles. The van der Waals surface area contributed by atoms with Crippen molar-refractivity contribution < 1.29 is 0 Å². The maximum Gasteiger partial charge on any atom is 0.180 e. The molecule has 14 heavy (non-hydrogen) atoms. The van der Waals surface area contributed by atoms with Crippen molar-refractivity contribution in [2.75, 3.05) is 0 Å². The van der Waals surface area contributed by atoms with Gasteiger partial charge in [0.25, 0.3) is 0 Å². The van der Waals surface area contributed by atoms with Crippen molar-refractivity contribution in [1.29, 1.82) is 0 Å². The summed E-state index contributed by atoms with van der Waals surface area (Å²) >= 11 is 1.70. The number of hydrogen-bond donors (Lipinski definition) is 0. The van der Waals surface area contributed by atoms with Crippen LogP contribution in [0.4, 0.5) is 11.5 Å². The van der Waals surface area contributed by atoms with Crippen molar-refractivity contribution in [2.24, 2.45) is 4.99 Å². The molecule has 67 valence electrons. The first-order valence-electron chi connectivity index (χ1n) is 4.21. The molecule has 0 saturated carbocycles. The smallest absolute Gasteiger partial charge is 0.180 e. The zero-order chi connectivity index (χ0) is 9.38. The van der Waals surface area contributed by atoms with Gasteiger partial charge < -0.3 is 0 Å². The molecule has 1 aliphatic heterocycles. The van der Waals surface area contributed by atoms with Crippen molar-refractivity contribution in [3.05, 3.63) is 29.8 Å². The van der Waals surface area contributed by atoms with Crippen LogP contribution in [-0.2, 0) is 0 Å². The van der Waals surface area contributed by atoms with Crippen molar-refractivity contribution in [1.82, 2.24) is 10.3 Å². The summed E-state index contributed by atoms with van der Waals surface area (Å²) in [6.45, 7) is 0. The molecule has 3 nitrogen and oxygen atoms in total. The van der Waals surface area contributed by atoms with E-state index in [0.717, 1.165) is 17.1 Å². The minimum absolute atomic E-state index is 0.718. The lowest BCUT2D eigenvalue weighted by Crippen LogP contribution is -1.88. The number of nitrogens with zero attached hydrogens (tertiary/aromatic N) is 3. The van der Waals surface area contributed by atoms with E-state index in [9.17, 15) is 0 Å². The van der Waals surface area contributed by atoms with E-state index in [1.54, 1.807) is 23.9 Å². The van der Waals surface area contributed by atoms with Gasteiger partial charge in [-0.1, -0.05) is 6.07 Å². The molecule has 0 atom stereocenters. The number of pyridine rings is 1. The van der Waals surface area contributed by atoms with E-state index in [0.29, 0.717) is 0 Å². The average Bonchev–Trinajstić information content (AvgIpc) is 2.88. The molecule has 0 N–H and O–H groups in total. The Balaban J connectivity index is 2.24. The molecule has 3 rings (SSSR count). The SMILES string of the molecule is C1=Nc2c(-c3cccs3)ccnc2[N]1. The monoisotopic (exact) mass is 200 g/mol. The largest absolute Gasteiger partial charge is 0.235 e. The van der Waals surface area contributed by atoms with Crippen LogP contribution in [0.5, 0.6) is 0 Å². The standard InChI is InChI=1S/C10H6N3S/c1-2-8(14-5-1)7-3-4-11-10-9(7)12-6-13-10/h1-6H. The average molecular weight is 200 g/mol. The van der Waals surface area contributed by atoms with E-state index in [4.69, 9.17) is 0 Å². The van der Waals surface area contributed by atoms with Crippen molar-refractivity contribution >= 4 is 29.2 Å². The molecular formula is C10H6N3S. The highest BCUT2D eigenvalue weighted by Crippen LogP contribution is 2.38. The molecule has 0 spiro atoms. The van der Waals surface area contributed by atoms with Crippen LogP contribution in [0.1, 0.15) is 0 Å². The van der Waals surface area contributed by atoms with Gasteiger partial charge in [-0.3, -0.25) is 0 Å². The third-order valence-electron chi connectivity index (χ3n) is 2.06. The highest BCUT2D eigenvalue weighted by atomic mass is 32.1. The highest BCUT2D eigenvalue weighted by Gasteiger charge is 2.14. The van der Waals surface area contributed by atoms with Gasteiger partial charge in [0.2, 0.25) is 0 Å². The van der Waals surface area contributed by atoms with Gasteiger partial charge >= 0.3 is 0 Å². The zero-order valence-electron chi connectivity index (χ0n) is 7.21. The van der Waals surface area contributed by atoms with Gasteiger partial charge in [0.1, 0.15) is 12.0 Å². The molecule has 0 unspecified atom stereocenters. The fraction of sp³-hybridized carbons (Fsp3) is 0. The molecule has 1 radical (unpaired) electrons. The number of rotatable bonds is 1. The van der Waals surface area contributed by atoms with Gasteiger partial charge in [-0.25, -0.2) is 15.3 Å². The molecule has 0 bridgehead atoms. The lowest BCUT2D eigenvalue weighted by Gasteiger charge is -2.01. The van der Waals surface area contributed by atoms with Crippen LogP contribution < -0.4 is 5.32 Å². The van der Waals surface area contributed by atoms with Gasteiger partial charge in [0.05, 0.1) is 0 Å². The maximum absolute atomic E-state index is 4.21. The first-order chi connectivity index (χ1) is 6.95. The number of hydrogen-bond acceptors (Lipinski definition) is 3. The number of aromatic nitrogens is 1. The van der Waals surface area contributed by atoms with E-state index in [1.807, 2.05) is 12.1 Å². The highest BCUT2D eigenvalue weighted by molar-refractivity contribution is 7.13. The van der Waals surface area contributed by atoms with Crippen LogP contribution in [0, 0.1) is 0 Å². The third kappa shape index (κ3) is 1.04. The molecular weight excluding hydrogens is 194 g/mol. The predicted molar refractivity (Wildman–Crippen MR) is 57.5 cm³/mol. The van der Waals surface area contributed by atoms with E-state index < -0.39 is 0 Å². The van der Waals surface area contributed by atoms with Crippen LogP contribution in [0.3, 0.4) is 0 Å². The lowest BCUT2D eigenvalue weighted by atomic mass is 10.2. The fourth-order valence-corrected chi connectivity index (χ4v) is 2.19. The van der Waals surface area contributed by atoms with Gasteiger partial charge in [0.15, 0.2) is 5.82 Å². The number of aliphatic imine (C=N–C) groups is 1. The molecule has 4 heteroatoms. The van der Waals surface area contributed by atoms with Crippen LogP contribution >= 0.6 is 11.3 Å². The first kappa shape index (κ1) is 7.70. The number of thiophene rings is 1. The van der Waals surface area contributed by atoms with Gasteiger partial charge in [-0.15, -0.1) is 11.3 Å². The minimum atomic E-state index is 0.718. The Morgan fingerprint density at radius 3 is 3.07 bits per heavy atom. The molecule has 2 aromatic heterocycles. The molecule has 2 aromatic rings. The summed E-state index contributed by atoms with van der Waals surface area (Å²) in [6.07, 6.45) is 3.32. The van der Waals surface area contributed by atoms with Gasteiger partial charge in [0, 0.05) is 16.6 Å². The van der Waals surface area contributed by atoms with E-state index in [1.165, 1.54) is 4.88 Å². The van der Waals surface area contributed by atoms with E-state index >= 15 is 0 Å². The second kappa shape index (κ2) is 2.92. The third-order valence-corrected chi connectivity index (χ3v) is 2.96. The van der Waals surface area contributed by atoms with Gasteiger partial charge in [-0.2, -0.15) is 0 Å². The summed E-state index contributed by atoms with van der Waals surface area (Å²) in [6, 6.07) is 6.08. The molecule has 3 heterocycles. The first-order valence-corrected chi connectivity index (χ1v) is 5.09. The van der Waals surface area contributed by atoms with Crippen molar-refractivity contribution in [3.8, 4) is 10.4 Å². The van der Waals surface area contributed by atoms with Crippen LogP contribution in [-0.4, -0.2) is 11.3 Å². The Morgan fingerprint density at radius 1 is 1.21 bits per heavy atom. The van der Waals surface area contributed by atoms with E-state index in [2.05, 4.69) is 26.7 Å². The molecule has 1 aliphatic rings. The van der Waals surface area contributed by atoms with Crippen molar-refractivity contribution in [3.63, 3.8) is 0 Å². The summed E-state index contributed by atoms with van der Waals surface area (Å²) in [5.74, 6) is 0.718. The Hall–Kier alpha value is -1.68. The number of fused-ring (bicyclic) bond motifs is 1. The Kier molecular flexibility index (Phi) is 1.61. The normalized spacial score (nSPS) is 12.6.